The molecule has 0 aromatic heterocycles. The van der Waals surface area contributed by atoms with E-state index in [9.17, 15) is 0 Å². The lowest BCUT2D eigenvalue weighted by Crippen LogP contribution is -2.50. The maximum absolute atomic E-state index is 2.73. The van der Waals surface area contributed by atoms with Gasteiger partial charge in [-0.2, -0.15) is 0 Å². The molecular formula is C19H31N3. The molecule has 2 fully saturated rings. The van der Waals surface area contributed by atoms with E-state index in [2.05, 4.69) is 53.7 Å². The normalized spacial score (nSPS) is 25.0. The number of piperazine rings is 1. The minimum absolute atomic E-state index is 0.782. The summed E-state index contributed by atoms with van der Waals surface area (Å²) in [6.45, 7) is 16.6. The van der Waals surface area contributed by atoms with Gasteiger partial charge >= 0.3 is 0 Å². The highest BCUT2D eigenvalue weighted by Gasteiger charge is 2.29. The topological polar surface area (TPSA) is 9.72 Å². The van der Waals surface area contributed by atoms with Crippen LogP contribution in [-0.2, 0) is 6.54 Å². The van der Waals surface area contributed by atoms with Gasteiger partial charge in [-0.3, -0.25) is 9.80 Å². The molecule has 2 saturated heterocycles. The second-order valence-corrected chi connectivity index (χ2v) is 7.08. The Labute approximate surface area is 135 Å². The number of likely N-dealkylation sites (tertiary alicyclic amines) is 1. The molecule has 0 saturated carbocycles. The fraction of sp³-hybridized carbons (Fsp3) is 0.684. The first kappa shape index (κ1) is 16.0. The molecule has 1 atom stereocenters. The van der Waals surface area contributed by atoms with Gasteiger partial charge in [-0.05, 0) is 37.9 Å². The van der Waals surface area contributed by atoms with E-state index in [0.29, 0.717) is 0 Å². The summed E-state index contributed by atoms with van der Waals surface area (Å²) in [7, 11) is 0. The molecule has 0 N–H and O–H groups in total. The summed E-state index contributed by atoms with van der Waals surface area (Å²) in [6.07, 6.45) is 1.34. The van der Waals surface area contributed by atoms with Crippen molar-refractivity contribution in [2.24, 2.45) is 0 Å². The van der Waals surface area contributed by atoms with Crippen molar-refractivity contribution in [1.82, 2.24) is 14.7 Å². The summed E-state index contributed by atoms with van der Waals surface area (Å²) in [6, 6.07) is 7.66. The molecular weight excluding hydrogens is 270 g/mol. The molecule has 22 heavy (non-hydrogen) atoms. The molecule has 0 aliphatic carbocycles. The number of rotatable bonds is 4. The van der Waals surface area contributed by atoms with Gasteiger partial charge in [-0.15, -0.1) is 0 Å². The van der Waals surface area contributed by atoms with E-state index in [0.717, 1.165) is 12.6 Å². The van der Waals surface area contributed by atoms with Crippen LogP contribution in [0, 0.1) is 13.8 Å². The zero-order valence-electron chi connectivity index (χ0n) is 14.5. The highest BCUT2D eigenvalue weighted by atomic mass is 15.3. The number of aryl methyl sites for hydroxylation is 2. The molecule has 2 aliphatic rings. The van der Waals surface area contributed by atoms with E-state index in [1.54, 1.807) is 0 Å². The highest BCUT2D eigenvalue weighted by molar-refractivity contribution is 5.30. The van der Waals surface area contributed by atoms with Gasteiger partial charge in [0, 0.05) is 51.9 Å². The van der Waals surface area contributed by atoms with Crippen molar-refractivity contribution in [3.63, 3.8) is 0 Å². The predicted molar refractivity (Wildman–Crippen MR) is 93.3 cm³/mol. The first-order valence-electron chi connectivity index (χ1n) is 8.90. The Kier molecular flexibility index (Phi) is 5.17. The van der Waals surface area contributed by atoms with Crippen LogP contribution in [0.4, 0.5) is 0 Å². The summed E-state index contributed by atoms with van der Waals surface area (Å²) >= 11 is 0. The lowest BCUT2D eigenvalue weighted by atomic mass is 10.1. The van der Waals surface area contributed by atoms with Gasteiger partial charge in [0.05, 0.1) is 0 Å². The third-order valence-corrected chi connectivity index (χ3v) is 5.51. The summed E-state index contributed by atoms with van der Waals surface area (Å²) in [4.78, 5) is 7.95. The molecule has 3 rings (SSSR count). The van der Waals surface area contributed by atoms with Crippen molar-refractivity contribution < 1.29 is 0 Å². The Balaban J connectivity index is 1.52. The highest BCUT2D eigenvalue weighted by Crippen LogP contribution is 2.21. The van der Waals surface area contributed by atoms with E-state index < -0.39 is 0 Å². The van der Waals surface area contributed by atoms with Crippen molar-refractivity contribution in [2.45, 2.75) is 39.8 Å². The Morgan fingerprint density at radius 3 is 2.45 bits per heavy atom. The Bertz CT molecular complexity index is 491. The first-order valence-corrected chi connectivity index (χ1v) is 8.90. The molecule has 0 unspecified atom stereocenters. The van der Waals surface area contributed by atoms with Crippen molar-refractivity contribution in [3.8, 4) is 0 Å². The summed E-state index contributed by atoms with van der Waals surface area (Å²) in [5.41, 5.74) is 4.32. The number of benzene rings is 1. The van der Waals surface area contributed by atoms with Crippen LogP contribution in [-0.4, -0.2) is 66.6 Å². The van der Waals surface area contributed by atoms with E-state index in [1.807, 2.05) is 0 Å². The van der Waals surface area contributed by atoms with Gasteiger partial charge in [0.25, 0.3) is 0 Å². The molecule has 0 radical (unpaired) electrons. The summed E-state index contributed by atoms with van der Waals surface area (Å²) < 4.78 is 0. The van der Waals surface area contributed by atoms with Gasteiger partial charge in [-0.1, -0.05) is 30.7 Å². The lowest BCUT2D eigenvalue weighted by Gasteiger charge is -2.37. The fourth-order valence-electron chi connectivity index (χ4n) is 3.96. The van der Waals surface area contributed by atoms with Crippen LogP contribution in [0.25, 0.3) is 0 Å². The van der Waals surface area contributed by atoms with Crippen LogP contribution >= 0.6 is 0 Å². The van der Waals surface area contributed by atoms with Gasteiger partial charge in [-0.25, -0.2) is 0 Å². The fourth-order valence-corrected chi connectivity index (χ4v) is 3.96. The third-order valence-electron chi connectivity index (χ3n) is 5.51. The van der Waals surface area contributed by atoms with E-state index in [4.69, 9.17) is 0 Å². The van der Waals surface area contributed by atoms with E-state index in [-0.39, 0.29) is 0 Å². The van der Waals surface area contributed by atoms with Gasteiger partial charge in [0.2, 0.25) is 0 Å². The van der Waals surface area contributed by atoms with Crippen LogP contribution in [0.2, 0.25) is 0 Å². The first-order chi connectivity index (χ1) is 10.7. The Morgan fingerprint density at radius 2 is 1.77 bits per heavy atom. The van der Waals surface area contributed by atoms with Gasteiger partial charge in [0.1, 0.15) is 0 Å². The maximum atomic E-state index is 2.73. The molecule has 0 spiro atoms. The maximum Gasteiger partial charge on any atom is 0.0237 e. The molecule has 3 heteroatoms. The zero-order chi connectivity index (χ0) is 15.5. The molecule has 0 bridgehead atoms. The minimum atomic E-state index is 0.782. The van der Waals surface area contributed by atoms with Crippen molar-refractivity contribution in [1.29, 1.82) is 0 Å². The smallest absolute Gasteiger partial charge is 0.0237 e. The lowest BCUT2D eigenvalue weighted by molar-refractivity contribution is 0.101. The number of hydrogen-bond donors (Lipinski definition) is 0. The number of nitrogens with zero attached hydrogens (tertiary/aromatic N) is 3. The van der Waals surface area contributed by atoms with Crippen molar-refractivity contribution >= 4 is 0 Å². The zero-order valence-corrected chi connectivity index (χ0v) is 14.5. The van der Waals surface area contributed by atoms with E-state index >= 15 is 0 Å². The Morgan fingerprint density at radius 1 is 1.00 bits per heavy atom. The van der Waals surface area contributed by atoms with Crippen LogP contribution < -0.4 is 0 Å². The SMILES string of the molecule is CCN1CCN([C@@H]2CCN(Cc3ccc(C)cc3C)C2)CC1. The van der Waals surface area contributed by atoms with Gasteiger partial charge < -0.3 is 4.90 Å². The van der Waals surface area contributed by atoms with Gasteiger partial charge in [0.15, 0.2) is 0 Å². The summed E-state index contributed by atoms with van der Waals surface area (Å²) in [5, 5.41) is 0. The molecule has 1 aromatic rings. The second kappa shape index (κ2) is 7.12. The van der Waals surface area contributed by atoms with Crippen LogP contribution in [0.3, 0.4) is 0 Å². The molecule has 3 nitrogen and oxygen atoms in total. The quantitative estimate of drug-likeness (QED) is 0.846. The van der Waals surface area contributed by atoms with Crippen LogP contribution in [0.5, 0.6) is 0 Å². The molecule has 1 aromatic carbocycles. The van der Waals surface area contributed by atoms with Crippen molar-refractivity contribution in [3.05, 3.63) is 34.9 Å². The molecule has 122 valence electrons. The average Bonchev–Trinajstić information content (AvgIpc) is 2.99. The van der Waals surface area contributed by atoms with E-state index in [1.165, 1.54) is 68.9 Å². The van der Waals surface area contributed by atoms with Crippen LogP contribution in [0.15, 0.2) is 18.2 Å². The average molecular weight is 301 g/mol. The number of likely N-dealkylation sites (N-methyl/N-ethyl adjacent to an activating group) is 1. The predicted octanol–water partition coefficient (Wildman–Crippen LogP) is 2.52. The van der Waals surface area contributed by atoms with Crippen molar-refractivity contribution in [2.75, 3.05) is 45.8 Å². The largest absolute Gasteiger partial charge is 0.301 e. The molecule has 0 amide bonds. The Hall–Kier alpha value is -0.900. The third kappa shape index (κ3) is 3.70. The minimum Gasteiger partial charge on any atom is -0.301 e. The monoisotopic (exact) mass is 301 g/mol. The molecule has 2 heterocycles. The standard InChI is InChI=1S/C19H31N3/c1-4-20-9-11-22(12-10-20)19-7-8-21(15-19)14-18-6-5-16(2)13-17(18)3/h5-6,13,19H,4,7-12,14-15H2,1-3H3/t19-/m1/s1. The second-order valence-electron chi connectivity index (χ2n) is 7.08. The number of hydrogen-bond acceptors (Lipinski definition) is 3. The molecule has 2 aliphatic heterocycles. The summed E-state index contributed by atoms with van der Waals surface area (Å²) in [5.74, 6) is 0. The van der Waals surface area contributed by atoms with Crippen LogP contribution in [0.1, 0.15) is 30.0 Å².